The molecule has 0 atom stereocenters. The van der Waals surface area contributed by atoms with Crippen molar-refractivity contribution in [2.45, 2.75) is 19.8 Å². The third-order valence-electron chi connectivity index (χ3n) is 0.703. The first-order valence-corrected chi connectivity index (χ1v) is 2.96. The van der Waals surface area contributed by atoms with Crippen molar-refractivity contribution >= 4 is 0 Å². The van der Waals surface area contributed by atoms with Crippen molar-refractivity contribution in [3.05, 3.63) is 19.3 Å². The molecule has 0 unspecified atom stereocenters. The van der Waals surface area contributed by atoms with Crippen LogP contribution < -0.4 is 0 Å². The lowest BCUT2D eigenvalue weighted by atomic mass is 10.4. The van der Waals surface area contributed by atoms with Crippen LogP contribution in [0, 0.1) is 6.61 Å². The van der Waals surface area contributed by atoms with Gasteiger partial charge in [0.15, 0.2) is 0 Å². The van der Waals surface area contributed by atoms with E-state index in [4.69, 9.17) is 4.74 Å². The van der Waals surface area contributed by atoms with Gasteiger partial charge in [0, 0.05) is 6.61 Å². The normalized spacial score (nSPS) is 9.12. The molecule has 1 nitrogen and oxygen atoms in total. The molecule has 0 aliphatic carbocycles. The molecule has 0 aliphatic heterocycles. The summed E-state index contributed by atoms with van der Waals surface area (Å²) in [5.74, 6) is 0. The zero-order chi connectivity index (χ0) is 6.24. The summed E-state index contributed by atoms with van der Waals surface area (Å²) >= 11 is 0. The molecule has 0 aromatic carbocycles. The monoisotopic (exact) mass is 113 g/mol. The van der Waals surface area contributed by atoms with Crippen LogP contribution in [0.5, 0.6) is 0 Å². The van der Waals surface area contributed by atoms with Crippen molar-refractivity contribution in [1.82, 2.24) is 0 Å². The van der Waals surface area contributed by atoms with Gasteiger partial charge < -0.3 is 4.74 Å². The lowest BCUT2D eigenvalue weighted by Gasteiger charge is -1.95. The van der Waals surface area contributed by atoms with E-state index in [0.29, 0.717) is 0 Å². The summed E-state index contributed by atoms with van der Waals surface area (Å²) < 4.78 is 5.03. The molecule has 0 aliphatic rings. The van der Waals surface area contributed by atoms with Crippen LogP contribution in [0.25, 0.3) is 0 Å². The van der Waals surface area contributed by atoms with Crippen LogP contribution in [0.2, 0.25) is 0 Å². The van der Waals surface area contributed by atoms with Gasteiger partial charge in [-0.3, -0.25) is 0 Å². The van der Waals surface area contributed by atoms with Gasteiger partial charge in [0.25, 0.3) is 0 Å². The minimum Gasteiger partial charge on any atom is -0.375 e. The summed E-state index contributed by atoms with van der Waals surface area (Å²) in [6.45, 7) is 8.23. The Bertz CT molecular complexity index is 50.3. The van der Waals surface area contributed by atoms with Crippen LogP contribution in [0.1, 0.15) is 19.8 Å². The van der Waals surface area contributed by atoms with Gasteiger partial charge in [0.2, 0.25) is 0 Å². The van der Waals surface area contributed by atoms with Crippen LogP contribution in [0.3, 0.4) is 0 Å². The van der Waals surface area contributed by atoms with Crippen LogP contribution in [0.4, 0.5) is 0 Å². The SMILES string of the molecule is C=CC[CH]OCCC. The first-order chi connectivity index (χ1) is 3.91. The third kappa shape index (κ3) is 5.70. The number of hydrogen-bond acceptors (Lipinski definition) is 1. The van der Waals surface area contributed by atoms with Gasteiger partial charge in [-0.2, -0.15) is 0 Å². The summed E-state index contributed by atoms with van der Waals surface area (Å²) in [7, 11) is 0. The van der Waals surface area contributed by atoms with E-state index in [-0.39, 0.29) is 0 Å². The molecular formula is C7H13O. The van der Waals surface area contributed by atoms with Gasteiger partial charge in [-0.1, -0.05) is 13.0 Å². The van der Waals surface area contributed by atoms with Gasteiger partial charge in [-0.15, -0.1) is 6.58 Å². The van der Waals surface area contributed by atoms with E-state index < -0.39 is 0 Å². The molecule has 1 heteroatoms. The van der Waals surface area contributed by atoms with Gasteiger partial charge >= 0.3 is 0 Å². The average Bonchev–Trinajstić information content (AvgIpc) is 1.81. The fourth-order valence-electron chi connectivity index (χ4n) is 0.337. The second-order valence-electron chi connectivity index (χ2n) is 1.56. The molecule has 0 saturated carbocycles. The Kier molecular flexibility index (Phi) is 6.45. The Hall–Kier alpha value is -0.300. The summed E-state index contributed by atoms with van der Waals surface area (Å²) in [5, 5.41) is 0. The first-order valence-electron chi connectivity index (χ1n) is 2.96. The average molecular weight is 113 g/mol. The summed E-state index contributed by atoms with van der Waals surface area (Å²) in [6, 6.07) is 0. The Morgan fingerprint density at radius 2 is 2.38 bits per heavy atom. The Morgan fingerprint density at radius 3 is 2.88 bits per heavy atom. The number of ether oxygens (including phenoxy) is 1. The van der Waals surface area contributed by atoms with Crippen molar-refractivity contribution in [2.24, 2.45) is 0 Å². The molecule has 8 heavy (non-hydrogen) atoms. The Balaban J connectivity index is 2.62. The van der Waals surface area contributed by atoms with E-state index in [9.17, 15) is 0 Å². The van der Waals surface area contributed by atoms with Crippen LogP contribution in [0.15, 0.2) is 12.7 Å². The Labute approximate surface area is 51.4 Å². The summed E-state index contributed by atoms with van der Waals surface area (Å²) in [5.41, 5.74) is 0. The highest BCUT2D eigenvalue weighted by molar-refractivity contribution is 4.70. The standard InChI is InChI=1S/C7H13O/c1-3-5-7-8-6-4-2/h3,7H,1,4-6H2,2H3. The lowest BCUT2D eigenvalue weighted by molar-refractivity contribution is 0.198. The number of hydrogen-bond donors (Lipinski definition) is 0. The van der Waals surface area contributed by atoms with Crippen molar-refractivity contribution in [3.63, 3.8) is 0 Å². The molecule has 0 aromatic rings. The molecule has 47 valence electrons. The number of rotatable bonds is 5. The van der Waals surface area contributed by atoms with E-state index in [1.807, 2.05) is 6.08 Å². The van der Waals surface area contributed by atoms with Crippen molar-refractivity contribution < 1.29 is 4.74 Å². The van der Waals surface area contributed by atoms with Gasteiger partial charge in [-0.25, -0.2) is 0 Å². The lowest BCUT2D eigenvalue weighted by Crippen LogP contribution is -1.86. The van der Waals surface area contributed by atoms with E-state index in [0.717, 1.165) is 19.4 Å². The second kappa shape index (κ2) is 6.70. The highest BCUT2D eigenvalue weighted by atomic mass is 16.5. The minimum atomic E-state index is 0.827. The molecule has 0 fully saturated rings. The topological polar surface area (TPSA) is 9.23 Å². The van der Waals surface area contributed by atoms with Crippen LogP contribution in [-0.2, 0) is 4.74 Å². The fourth-order valence-corrected chi connectivity index (χ4v) is 0.337. The molecule has 0 bridgehead atoms. The minimum absolute atomic E-state index is 0.827. The molecule has 0 amide bonds. The zero-order valence-electron chi connectivity index (χ0n) is 5.39. The predicted molar refractivity (Wildman–Crippen MR) is 35.4 cm³/mol. The smallest absolute Gasteiger partial charge is 0.0873 e. The second-order valence-corrected chi connectivity index (χ2v) is 1.56. The van der Waals surface area contributed by atoms with Gasteiger partial charge in [0.1, 0.15) is 0 Å². The largest absolute Gasteiger partial charge is 0.375 e. The fraction of sp³-hybridized carbons (Fsp3) is 0.571. The van der Waals surface area contributed by atoms with E-state index in [1.54, 1.807) is 6.61 Å². The van der Waals surface area contributed by atoms with Crippen LogP contribution in [-0.4, -0.2) is 6.61 Å². The maximum atomic E-state index is 5.03. The van der Waals surface area contributed by atoms with E-state index in [2.05, 4.69) is 13.5 Å². The summed E-state index contributed by atoms with van der Waals surface area (Å²) in [4.78, 5) is 0. The maximum Gasteiger partial charge on any atom is 0.0873 e. The van der Waals surface area contributed by atoms with Crippen molar-refractivity contribution in [1.29, 1.82) is 0 Å². The maximum absolute atomic E-state index is 5.03. The highest BCUT2D eigenvalue weighted by Gasteiger charge is 1.80. The van der Waals surface area contributed by atoms with E-state index in [1.165, 1.54) is 0 Å². The Morgan fingerprint density at radius 1 is 1.62 bits per heavy atom. The molecule has 0 rings (SSSR count). The third-order valence-corrected chi connectivity index (χ3v) is 0.703. The molecule has 0 N–H and O–H groups in total. The quantitative estimate of drug-likeness (QED) is 0.392. The molecular weight excluding hydrogens is 100 g/mol. The predicted octanol–water partition coefficient (Wildman–Crippen LogP) is 2.15. The molecule has 0 spiro atoms. The molecule has 1 radical (unpaired) electrons. The zero-order valence-corrected chi connectivity index (χ0v) is 5.39. The summed E-state index contributed by atoms with van der Waals surface area (Å²) in [6.07, 6.45) is 3.74. The van der Waals surface area contributed by atoms with Crippen molar-refractivity contribution in [2.75, 3.05) is 6.61 Å². The molecule has 0 heterocycles. The first kappa shape index (κ1) is 7.70. The van der Waals surface area contributed by atoms with E-state index >= 15 is 0 Å². The molecule has 0 saturated heterocycles. The van der Waals surface area contributed by atoms with Crippen LogP contribution >= 0.6 is 0 Å². The van der Waals surface area contributed by atoms with Gasteiger partial charge in [0.05, 0.1) is 6.61 Å². The molecule has 0 aromatic heterocycles. The van der Waals surface area contributed by atoms with Crippen molar-refractivity contribution in [3.8, 4) is 0 Å². The highest BCUT2D eigenvalue weighted by Crippen LogP contribution is 1.90. The van der Waals surface area contributed by atoms with Gasteiger partial charge in [-0.05, 0) is 12.8 Å².